The third kappa shape index (κ3) is 5.84. The van der Waals surface area contributed by atoms with E-state index in [1.165, 1.54) is 6.20 Å². The van der Waals surface area contributed by atoms with Gasteiger partial charge in [-0.05, 0) is 37.5 Å². The molecule has 1 saturated carbocycles. The largest absolute Gasteiger partial charge is 0.505 e. The fourth-order valence-electron chi connectivity index (χ4n) is 5.00. The lowest BCUT2D eigenvalue weighted by Crippen LogP contribution is -2.56. The zero-order valence-electron chi connectivity index (χ0n) is 20.3. The van der Waals surface area contributed by atoms with Gasteiger partial charge in [0.05, 0.1) is 5.56 Å². The Morgan fingerprint density at radius 3 is 2.17 bits per heavy atom. The molecule has 0 unspecified atom stereocenters. The zero-order chi connectivity index (χ0) is 27.3. The van der Waals surface area contributed by atoms with Crippen LogP contribution in [0.5, 0.6) is 11.6 Å². The smallest absolute Gasteiger partial charge is 0.433 e. The highest BCUT2D eigenvalue weighted by atomic mass is 19.4. The number of hydrogen-bond donors (Lipinski definition) is 2. The van der Waals surface area contributed by atoms with Gasteiger partial charge in [0.25, 0.3) is 5.91 Å². The van der Waals surface area contributed by atoms with Crippen LogP contribution in [0.2, 0.25) is 0 Å². The van der Waals surface area contributed by atoms with Gasteiger partial charge in [-0.15, -0.1) is 0 Å². The summed E-state index contributed by atoms with van der Waals surface area (Å²) in [4.78, 5) is 20.0. The molecule has 0 atom stereocenters. The van der Waals surface area contributed by atoms with Crippen LogP contribution in [0, 0.1) is 17.8 Å². The minimum Gasteiger partial charge on any atom is -0.505 e. The van der Waals surface area contributed by atoms with E-state index < -0.39 is 58.4 Å². The van der Waals surface area contributed by atoms with Crippen LogP contribution < -0.4 is 10.1 Å². The molecule has 0 radical (unpaired) electrons. The summed E-state index contributed by atoms with van der Waals surface area (Å²) in [5.74, 6) is -1.62. The standard InChI is InChI=1S/C24H27F6N3O3/c1-12-6-7-31-17(18(12)34)19(35)32-14-10-21(2,3)20(22(4,5)11-14)36-16-9-13(23(25,26)27)8-15(33-16)24(28,29)30/h6-9,14,20,34H,10-11H2,1-5H3,(H,32,35). The number of nitrogens with zero attached hydrogens (tertiary/aromatic N) is 2. The first-order chi connectivity index (χ1) is 16.3. The van der Waals surface area contributed by atoms with Crippen LogP contribution >= 0.6 is 0 Å². The number of halogens is 6. The highest BCUT2D eigenvalue weighted by molar-refractivity contribution is 5.95. The third-order valence-corrected chi connectivity index (χ3v) is 6.30. The van der Waals surface area contributed by atoms with Crippen LogP contribution in [0.25, 0.3) is 0 Å². The van der Waals surface area contributed by atoms with Gasteiger partial charge in [0.15, 0.2) is 5.69 Å². The highest BCUT2D eigenvalue weighted by Gasteiger charge is 2.50. The second-order valence-corrected chi connectivity index (χ2v) is 10.5. The van der Waals surface area contributed by atoms with Gasteiger partial charge >= 0.3 is 12.4 Å². The Labute approximate surface area is 204 Å². The number of aromatic nitrogens is 2. The summed E-state index contributed by atoms with van der Waals surface area (Å²) in [5.41, 5.74) is -4.47. The second-order valence-electron chi connectivity index (χ2n) is 10.5. The van der Waals surface area contributed by atoms with Gasteiger partial charge in [-0.3, -0.25) is 4.79 Å². The molecule has 1 aliphatic rings. The van der Waals surface area contributed by atoms with E-state index in [1.54, 1.807) is 40.7 Å². The maximum atomic E-state index is 13.3. The minimum absolute atomic E-state index is 0.0513. The lowest BCUT2D eigenvalue weighted by molar-refractivity contribution is -0.146. The molecule has 2 aromatic heterocycles. The van der Waals surface area contributed by atoms with Crippen LogP contribution in [-0.2, 0) is 12.4 Å². The summed E-state index contributed by atoms with van der Waals surface area (Å²) >= 11 is 0. The van der Waals surface area contributed by atoms with E-state index in [-0.39, 0.29) is 17.5 Å². The van der Waals surface area contributed by atoms with Crippen molar-refractivity contribution in [3.05, 3.63) is 46.9 Å². The fourth-order valence-corrected chi connectivity index (χ4v) is 5.00. The summed E-state index contributed by atoms with van der Waals surface area (Å²) in [5, 5.41) is 13.0. The van der Waals surface area contributed by atoms with E-state index in [9.17, 15) is 36.2 Å². The second kappa shape index (κ2) is 9.11. The van der Waals surface area contributed by atoms with Crippen LogP contribution in [0.4, 0.5) is 26.3 Å². The van der Waals surface area contributed by atoms with Gasteiger partial charge in [0.1, 0.15) is 17.5 Å². The summed E-state index contributed by atoms with van der Waals surface area (Å²) < 4.78 is 85.3. The van der Waals surface area contributed by atoms with E-state index in [4.69, 9.17) is 4.74 Å². The number of aryl methyl sites for hydroxylation is 1. The first-order valence-corrected chi connectivity index (χ1v) is 11.1. The molecule has 36 heavy (non-hydrogen) atoms. The van der Waals surface area contributed by atoms with Gasteiger partial charge in [-0.25, -0.2) is 9.97 Å². The van der Waals surface area contributed by atoms with E-state index in [0.717, 1.165) is 0 Å². The quantitative estimate of drug-likeness (QED) is 0.490. The molecule has 0 spiro atoms. The molecule has 0 aliphatic heterocycles. The molecule has 198 valence electrons. The topological polar surface area (TPSA) is 84.3 Å². The Hall–Kier alpha value is -3.05. The molecule has 1 fully saturated rings. The molecule has 1 aliphatic carbocycles. The molecular formula is C24H27F6N3O3. The van der Waals surface area contributed by atoms with Crippen molar-refractivity contribution in [3.8, 4) is 11.6 Å². The number of hydrogen-bond acceptors (Lipinski definition) is 5. The first-order valence-electron chi connectivity index (χ1n) is 11.1. The molecule has 0 aromatic carbocycles. The monoisotopic (exact) mass is 519 g/mol. The van der Waals surface area contributed by atoms with Crippen molar-refractivity contribution >= 4 is 5.91 Å². The van der Waals surface area contributed by atoms with Gasteiger partial charge in [0, 0.05) is 29.1 Å². The molecule has 2 heterocycles. The molecule has 3 rings (SSSR count). The summed E-state index contributed by atoms with van der Waals surface area (Å²) in [6.45, 7) is 8.61. The van der Waals surface area contributed by atoms with Gasteiger partial charge in [-0.2, -0.15) is 26.3 Å². The average molecular weight is 519 g/mol. The molecule has 2 aromatic rings. The Morgan fingerprint density at radius 1 is 1.06 bits per heavy atom. The maximum absolute atomic E-state index is 13.3. The average Bonchev–Trinajstić information content (AvgIpc) is 2.70. The minimum atomic E-state index is -5.10. The van der Waals surface area contributed by atoms with E-state index in [1.807, 2.05) is 0 Å². The molecule has 0 bridgehead atoms. The predicted molar refractivity (Wildman–Crippen MR) is 117 cm³/mol. The van der Waals surface area contributed by atoms with E-state index >= 15 is 0 Å². The highest BCUT2D eigenvalue weighted by Crippen LogP contribution is 2.48. The number of ether oxygens (including phenoxy) is 1. The Bertz CT molecular complexity index is 1090. The fraction of sp³-hybridized carbons (Fsp3) is 0.542. The van der Waals surface area contributed by atoms with Crippen molar-refractivity contribution in [2.45, 2.75) is 72.0 Å². The number of carbonyl (C=O) groups excluding carboxylic acids is 1. The van der Waals surface area contributed by atoms with Crippen LogP contribution in [0.1, 0.15) is 67.8 Å². The number of amides is 1. The van der Waals surface area contributed by atoms with Crippen molar-refractivity contribution < 1.29 is 41.0 Å². The third-order valence-electron chi connectivity index (χ3n) is 6.30. The molecule has 6 nitrogen and oxygen atoms in total. The van der Waals surface area contributed by atoms with Crippen LogP contribution in [0.3, 0.4) is 0 Å². The van der Waals surface area contributed by atoms with Crippen molar-refractivity contribution in [2.24, 2.45) is 10.8 Å². The molecular weight excluding hydrogens is 492 g/mol. The van der Waals surface area contributed by atoms with E-state index in [0.29, 0.717) is 24.5 Å². The van der Waals surface area contributed by atoms with Crippen molar-refractivity contribution in [2.75, 3.05) is 0 Å². The molecule has 0 saturated heterocycles. The predicted octanol–water partition coefficient (Wildman–Crippen LogP) is 5.92. The van der Waals surface area contributed by atoms with E-state index in [2.05, 4.69) is 15.3 Å². The molecule has 2 N–H and O–H groups in total. The summed E-state index contributed by atoms with van der Waals surface area (Å²) in [7, 11) is 0. The number of aromatic hydroxyl groups is 1. The van der Waals surface area contributed by atoms with Crippen LogP contribution in [0.15, 0.2) is 24.4 Å². The Kier molecular flexibility index (Phi) is 6.97. The van der Waals surface area contributed by atoms with Crippen LogP contribution in [-0.4, -0.2) is 33.1 Å². The van der Waals surface area contributed by atoms with Gasteiger partial charge < -0.3 is 15.2 Å². The summed E-state index contributed by atoms with van der Waals surface area (Å²) in [6.07, 6.45) is -8.97. The lowest BCUT2D eigenvalue weighted by Gasteiger charge is -2.51. The number of nitrogens with one attached hydrogen (secondary N) is 1. The SMILES string of the molecule is Cc1ccnc(C(=O)NC2CC(C)(C)C(Oc3cc(C(F)(F)F)cc(C(F)(F)F)n3)C(C)(C)C2)c1O. The summed E-state index contributed by atoms with van der Waals surface area (Å²) in [6, 6.07) is 1.53. The lowest BCUT2D eigenvalue weighted by atomic mass is 9.61. The van der Waals surface area contributed by atoms with Crippen molar-refractivity contribution in [1.29, 1.82) is 0 Å². The zero-order valence-corrected chi connectivity index (χ0v) is 20.3. The normalized spacial score (nSPS) is 21.6. The first kappa shape index (κ1) is 27.5. The molecule has 1 amide bonds. The number of rotatable bonds is 4. The number of pyridine rings is 2. The maximum Gasteiger partial charge on any atom is 0.433 e. The van der Waals surface area contributed by atoms with Gasteiger partial charge in [0.2, 0.25) is 5.88 Å². The number of carbonyl (C=O) groups is 1. The molecule has 12 heteroatoms. The Morgan fingerprint density at radius 2 is 1.64 bits per heavy atom. The van der Waals surface area contributed by atoms with Gasteiger partial charge in [-0.1, -0.05) is 27.7 Å². The van der Waals surface area contributed by atoms with Crippen molar-refractivity contribution in [3.63, 3.8) is 0 Å². The Balaban J connectivity index is 1.87. The number of alkyl halides is 6. The van der Waals surface area contributed by atoms with Crippen molar-refractivity contribution in [1.82, 2.24) is 15.3 Å².